The van der Waals surface area contributed by atoms with Crippen molar-refractivity contribution in [3.8, 4) is 6.07 Å². The summed E-state index contributed by atoms with van der Waals surface area (Å²) >= 11 is 3.36. The van der Waals surface area contributed by atoms with Gasteiger partial charge in [0.15, 0.2) is 0 Å². The number of anilines is 1. The standard InChI is InChI=1S/C12H16BrN3/c1-2-5-15-6-7-16-11-4-3-10(9-14)12(13)8-11/h3-4,8,15-16H,2,5-7H2,1H3. The Morgan fingerprint density at radius 2 is 2.12 bits per heavy atom. The van der Waals surface area contributed by atoms with Crippen molar-refractivity contribution in [3.63, 3.8) is 0 Å². The van der Waals surface area contributed by atoms with E-state index < -0.39 is 0 Å². The molecular formula is C12H16BrN3. The maximum Gasteiger partial charge on any atom is 0.100 e. The molecule has 0 unspecified atom stereocenters. The molecule has 0 fully saturated rings. The van der Waals surface area contributed by atoms with Crippen LogP contribution in [0.2, 0.25) is 0 Å². The number of rotatable bonds is 6. The summed E-state index contributed by atoms with van der Waals surface area (Å²) in [4.78, 5) is 0. The molecule has 0 atom stereocenters. The van der Waals surface area contributed by atoms with Crippen molar-refractivity contribution in [2.45, 2.75) is 13.3 Å². The Labute approximate surface area is 105 Å². The monoisotopic (exact) mass is 281 g/mol. The van der Waals surface area contributed by atoms with Crippen molar-refractivity contribution in [1.82, 2.24) is 5.32 Å². The molecule has 0 amide bonds. The zero-order valence-corrected chi connectivity index (χ0v) is 11.0. The van der Waals surface area contributed by atoms with Crippen LogP contribution in [0.3, 0.4) is 0 Å². The molecule has 0 bridgehead atoms. The molecule has 3 nitrogen and oxygen atoms in total. The molecule has 4 heteroatoms. The van der Waals surface area contributed by atoms with Gasteiger partial charge in [-0.25, -0.2) is 0 Å². The third-order valence-electron chi connectivity index (χ3n) is 2.15. The van der Waals surface area contributed by atoms with Crippen LogP contribution in [-0.4, -0.2) is 19.6 Å². The van der Waals surface area contributed by atoms with Crippen molar-refractivity contribution in [2.75, 3.05) is 25.0 Å². The molecule has 0 aliphatic carbocycles. The van der Waals surface area contributed by atoms with Crippen LogP contribution in [-0.2, 0) is 0 Å². The van der Waals surface area contributed by atoms with Gasteiger partial charge in [-0.05, 0) is 47.1 Å². The fraction of sp³-hybridized carbons (Fsp3) is 0.417. The molecule has 86 valence electrons. The maximum absolute atomic E-state index is 8.77. The normalized spacial score (nSPS) is 9.81. The fourth-order valence-electron chi connectivity index (χ4n) is 1.31. The van der Waals surface area contributed by atoms with Crippen LogP contribution in [0.4, 0.5) is 5.69 Å². The lowest BCUT2D eigenvalue weighted by Crippen LogP contribution is -2.22. The van der Waals surface area contributed by atoms with Gasteiger partial charge in [0.25, 0.3) is 0 Å². The number of hydrogen-bond acceptors (Lipinski definition) is 3. The highest BCUT2D eigenvalue weighted by Crippen LogP contribution is 2.20. The summed E-state index contributed by atoms with van der Waals surface area (Å²) in [7, 11) is 0. The predicted octanol–water partition coefficient (Wildman–Crippen LogP) is 2.73. The Kier molecular flexibility index (Phi) is 5.91. The minimum atomic E-state index is 0.662. The molecule has 1 rings (SSSR count). The average Bonchev–Trinajstić information content (AvgIpc) is 2.29. The highest BCUT2D eigenvalue weighted by atomic mass is 79.9. The largest absolute Gasteiger partial charge is 0.384 e. The quantitative estimate of drug-likeness (QED) is 0.789. The highest BCUT2D eigenvalue weighted by Gasteiger charge is 1.99. The van der Waals surface area contributed by atoms with Crippen molar-refractivity contribution < 1.29 is 0 Å². The van der Waals surface area contributed by atoms with Crippen LogP contribution in [0.5, 0.6) is 0 Å². The van der Waals surface area contributed by atoms with Crippen LogP contribution in [0.1, 0.15) is 18.9 Å². The predicted molar refractivity (Wildman–Crippen MR) is 70.5 cm³/mol. The topological polar surface area (TPSA) is 47.8 Å². The summed E-state index contributed by atoms with van der Waals surface area (Å²) in [5.74, 6) is 0. The number of benzene rings is 1. The molecule has 0 saturated carbocycles. The first kappa shape index (κ1) is 13.0. The first-order valence-electron chi connectivity index (χ1n) is 5.42. The molecular weight excluding hydrogens is 266 g/mol. The fourth-order valence-corrected chi connectivity index (χ4v) is 1.78. The lowest BCUT2D eigenvalue weighted by atomic mass is 10.2. The van der Waals surface area contributed by atoms with Crippen molar-refractivity contribution in [2.24, 2.45) is 0 Å². The van der Waals surface area contributed by atoms with E-state index in [0.29, 0.717) is 5.56 Å². The second kappa shape index (κ2) is 7.26. The average molecular weight is 282 g/mol. The van der Waals surface area contributed by atoms with E-state index in [0.717, 1.165) is 36.2 Å². The van der Waals surface area contributed by atoms with Gasteiger partial charge in [0.2, 0.25) is 0 Å². The summed E-state index contributed by atoms with van der Waals surface area (Å²) < 4.78 is 0.835. The Hall–Kier alpha value is -1.05. The number of halogens is 1. The molecule has 1 aromatic rings. The number of nitriles is 1. The lowest BCUT2D eigenvalue weighted by molar-refractivity contribution is 0.688. The van der Waals surface area contributed by atoms with E-state index in [1.54, 1.807) is 0 Å². The molecule has 1 aromatic carbocycles. The second-order valence-electron chi connectivity index (χ2n) is 3.48. The Morgan fingerprint density at radius 3 is 2.75 bits per heavy atom. The molecule has 0 aromatic heterocycles. The number of nitrogens with one attached hydrogen (secondary N) is 2. The third-order valence-corrected chi connectivity index (χ3v) is 2.80. The Bertz CT molecular complexity index is 371. The first-order chi connectivity index (χ1) is 7.77. The van der Waals surface area contributed by atoms with E-state index in [4.69, 9.17) is 5.26 Å². The zero-order chi connectivity index (χ0) is 11.8. The van der Waals surface area contributed by atoms with E-state index >= 15 is 0 Å². The minimum Gasteiger partial charge on any atom is -0.384 e. The van der Waals surface area contributed by atoms with Gasteiger partial charge in [0.05, 0.1) is 5.56 Å². The molecule has 0 radical (unpaired) electrons. The van der Waals surface area contributed by atoms with Crippen molar-refractivity contribution >= 4 is 21.6 Å². The summed E-state index contributed by atoms with van der Waals surface area (Å²) in [5, 5.41) is 15.4. The van der Waals surface area contributed by atoms with Crippen LogP contribution in [0.15, 0.2) is 22.7 Å². The van der Waals surface area contributed by atoms with E-state index in [1.165, 1.54) is 0 Å². The second-order valence-corrected chi connectivity index (χ2v) is 4.34. The van der Waals surface area contributed by atoms with Gasteiger partial charge in [-0.1, -0.05) is 6.92 Å². The van der Waals surface area contributed by atoms with E-state index in [2.05, 4.69) is 39.6 Å². The van der Waals surface area contributed by atoms with Crippen LogP contribution >= 0.6 is 15.9 Å². The van der Waals surface area contributed by atoms with Gasteiger partial charge in [-0.15, -0.1) is 0 Å². The number of hydrogen-bond donors (Lipinski definition) is 2. The lowest BCUT2D eigenvalue weighted by Gasteiger charge is -2.08. The summed E-state index contributed by atoms with van der Waals surface area (Å²) in [6.45, 7) is 5.04. The first-order valence-corrected chi connectivity index (χ1v) is 6.21. The Morgan fingerprint density at radius 1 is 1.31 bits per heavy atom. The summed E-state index contributed by atoms with van der Waals surface area (Å²) in [6.07, 6.45) is 1.16. The van der Waals surface area contributed by atoms with Crippen molar-refractivity contribution in [1.29, 1.82) is 5.26 Å². The molecule has 0 heterocycles. The zero-order valence-electron chi connectivity index (χ0n) is 9.39. The van der Waals surface area contributed by atoms with E-state index in [9.17, 15) is 0 Å². The molecule has 0 saturated heterocycles. The maximum atomic E-state index is 8.77. The molecule has 16 heavy (non-hydrogen) atoms. The molecule has 0 aliphatic rings. The minimum absolute atomic E-state index is 0.662. The third kappa shape index (κ3) is 4.21. The molecule has 0 spiro atoms. The summed E-state index contributed by atoms with van der Waals surface area (Å²) in [6, 6.07) is 7.78. The van der Waals surface area contributed by atoms with Gasteiger partial charge in [0.1, 0.15) is 6.07 Å². The highest BCUT2D eigenvalue weighted by molar-refractivity contribution is 9.10. The van der Waals surface area contributed by atoms with Crippen LogP contribution < -0.4 is 10.6 Å². The van der Waals surface area contributed by atoms with Gasteiger partial charge >= 0.3 is 0 Å². The van der Waals surface area contributed by atoms with E-state index in [-0.39, 0.29) is 0 Å². The van der Waals surface area contributed by atoms with Gasteiger partial charge in [-0.2, -0.15) is 5.26 Å². The molecule has 0 aliphatic heterocycles. The van der Waals surface area contributed by atoms with E-state index in [1.807, 2.05) is 18.2 Å². The van der Waals surface area contributed by atoms with Crippen LogP contribution in [0.25, 0.3) is 0 Å². The van der Waals surface area contributed by atoms with Crippen molar-refractivity contribution in [3.05, 3.63) is 28.2 Å². The smallest absolute Gasteiger partial charge is 0.100 e. The van der Waals surface area contributed by atoms with Gasteiger partial charge < -0.3 is 10.6 Å². The van der Waals surface area contributed by atoms with Crippen LogP contribution in [0, 0.1) is 11.3 Å². The molecule has 2 N–H and O–H groups in total. The number of nitrogens with zero attached hydrogens (tertiary/aromatic N) is 1. The Balaban J connectivity index is 2.38. The van der Waals surface area contributed by atoms with Gasteiger partial charge in [-0.3, -0.25) is 0 Å². The SMILES string of the molecule is CCCNCCNc1ccc(C#N)c(Br)c1. The summed E-state index contributed by atoms with van der Waals surface area (Å²) in [5.41, 5.74) is 1.69. The van der Waals surface area contributed by atoms with Gasteiger partial charge in [0, 0.05) is 23.2 Å².